The highest BCUT2D eigenvalue weighted by Crippen LogP contribution is 2.27. The first kappa shape index (κ1) is 18.2. The van der Waals surface area contributed by atoms with Gasteiger partial charge in [0.05, 0.1) is 13.2 Å². The van der Waals surface area contributed by atoms with E-state index >= 15 is 0 Å². The van der Waals surface area contributed by atoms with Crippen molar-refractivity contribution in [1.82, 2.24) is 4.72 Å². The molecule has 0 aliphatic rings. The molecule has 0 fully saturated rings. The molecule has 0 spiro atoms. The van der Waals surface area contributed by atoms with Crippen molar-refractivity contribution in [2.75, 3.05) is 13.7 Å². The van der Waals surface area contributed by atoms with E-state index in [2.05, 4.69) is 4.72 Å². The smallest absolute Gasteiger partial charge is 0.244 e. The standard InChI is InChI=1S/C14H22ClNO4S/c1-14(2,3)8-11(17)9-16-21(18,19)13-6-5-10(15)7-12(13)20-4/h5-7,11,16-17H,8-9H2,1-4H3. The van der Waals surface area contributed by atoms with Gasteiger partial charge in [-0.3, -0.25) is 0 Å². The Morgan fingerprint density at radius 2 is 2.00 bits per heavy atom. The minimum Gasteiger partial charge on any atom is -0.495 e. The van der Waals surface area contributed by atoms with Gasteiger partial charge in [-0.05, 0) is 24.0 Å². The first-order valence-corrected chi connectivity index (χ1v) is 8.42. The van der Waals surface area contributed by atoms with Crippen molar-refractivity contribution in [3.63, 3.8) is 0 Å². The minimum atomic E-state index is -3.76. The number of methoxy groups -OCH3 is 1. The van der Waals surface area contributed by atoms with E-state index in [0.29, 0.717) is 11.4 Å². The van der Waals surface area contributed by atoms with Crippen LogP contribution in [0.2, 0.25) is 5.02 Å². The lowest BCUT2D eigenvalue weighted by Crippen LogP contribution is -2.34. The van der Waals surface area contributed by atoms with Gasteiger partial charge in [0.2, 0.25) is 10.0 Å². The Morgan fingerprint density at radius 1 is 1.38 bits per heavy atom. The van der Waals surface area contributed by atoms with Crippen LogP contribution in [0, 0.1) is 5.41 Å². The summed E-state index contributed by atoms with van der Waals surface area (Å²) in [5, 5.41) is 10.3. The van der Waals surface area contributed by atoms with Crippen molar-refractivity contribution >= 4 is 21.6 Å². The zero-order chi connectivity index (χ0) is 16.3. The van der Waals surface area contributed by atoms with Gasteiger partial charge < -0.3 is 9.84 Å². The van der Waals surface area contributed by atoms with E-state index in [9.17, 15) is 13.5 Å². The number of ether oxygens (including phenoxy) is 1. The number of hydrogen-bond acceptors (Lipinski definition) is 4. The van der Waals surface area contributed by atoms with Crippen LogP contribution >= 0.6 is 11.6 Å². The predicted octanol–water partition coefficient (Wildman–Crippen LogP) is 2.42. The van der Waals surface area contributed by atoms with Gasteiger partial charge in [-0.1, -0.05) is 32.4 Å². The molecule has 1 aromatic rings. The van der Waals surface area contributed by atoms with Crippen LogP contribution in [0.3, 0.4) is 0 Å². The molecule has 0 aromatic heterocycles. The molecule has 21 heavy (non-hydrogen) atoms. The lowest BCUT2D eigenvalue weighted by Gasteiger charge is -2.22. The van der Waals surface area contributed by atoms with Crippen LogP contribution in [0.4, 0.5) is 0 Å². The minimum absolute atomic E-state index is 0.00245. The van der Waals surface area contributed by atoms with E-state index in [1.54, 1.807) is 0 Å². The Kier molecular flexibility index (Phi) is 6.04. The molecule has 1 rings (SSSR count). The summed E-state index contributed by atoms with van der Waals surface area (Å²) in [7, 11) is -2.39. The molecular formula is C14H22ClNO4S. The lowest BCUT2D eigenvalue weighted by molar-refractivity contribution is 0.125. The van der Waals surface area contributed by atoms with Crippen molar-refractivity contribution in [2.45, 2.75) is 38.2 Å². The molecule has 5 nitrogen and oxygen atoms in total. The van der Waals surface area contributed by atoms with Gasteiger partial charge in [-0.2, -0.15) is 0 Å². The van der Waals surface area contributed by atoms with E-state index in [4.69, 9.17) is 16.3 Å². The Morgan fingerprint density at radius 3 is 2.52 bits per heavy atom. The van der Waals surface area contributed by atoms with Gasteiger partial charge in [-0.25, -0.2) is 13.1 Å². The largest absolute Gasteiger partial charge is 0.495 e. The molecule has 0 aliphatic carbocycles. The number of rotatable bonds is 6. The third kappa shape index (κ3) is 5.82. The number of nitrogens with one attached hydrogen (secondary N) is 1. The number of hydrogen-bond donors (Lipinski definition) is 2. The van der Waals surface area contributed by atoms with E-state index in [1.165, 1.54) is 25.3 Å². The third-order valence-corrected chi connectivity index (χ3v) is 4.47. The molecule has 1 atom stereocenters. The van der Waals surface area contributed by atoms with Gasteiger partial charge >= 0.3 is 0 Å². The first-order valence-electron chi connectivity index (χ1n) is 6.56. The van der Waals surface area contributed by atoms with E-state index < -0.39 is 16.1 Å². The quantitative estimate of drug-likeness (QED) is 0.837. The molecule has 120 valence electrons. The Bertz CT molecular complexity index is 581. The predicted molar refractivity (Wildman–Crippen MR) is 83.3 cm³/mol. The number of aliphatic hydroxyl groups excluding tert-OH is 1. The van der Waals surface area contributed by atoms with Gasteiger partial charge in [0.1, 0.15) is 10.6 Å². The van der Waals surface area contributed by atoms with Crippen LogP contribution in [-0.4, -0.2) is 33.3 Å². The molecule has 2 N–H and O–H groups in total. The second-order valence-corrected chi connectivity index (χ2v) is 8.24. The molecule has 0 heterocycles. The number of benzene rings is 1. The van der Waals surface area contributed by atoms with Crippen molar-refractivity contribution in [3.05, 3.63) is 23.2 Å². The molecule has 0 aliphatic heterocycles. The van der Waals surface area contributed by atoms with Gasteiger partial charge in [0, 0.05) is 17.6 Å². The SMILES string of the molecule is COc1cc(Cl)ccc1S(=O)(=O)NCC(O)CC(C)(C)C. The summed E-state index contributed by atoms with van der Waals surface area (Å²) in [5.41, 5.74) is -0.0805. The summed E-state index contributed by atoms with van der Waals surface area (Å²) in [6.45, 7) is 5.89. The van der Waals surface area contributed by atoms with Gasteiger partial charge in [-0.15, -0.1) is 0 Å². The fourth-order valence-electron chi connectivity index (χ4n) is 1.93. The molecular weight excluding hydrogens is 314 g/mol. The fraction of sp³-hybridized carbons (Fsp3) is 0.571. The third-order valence-electron chi connectivity index (χ3n) is 2.77. The normalized spacial score (nSPS) is 14.0. The second kappa shape index (κ2) is 6.96. The summed E-state index contributed by atoms with van der Waals surface area (Å²) in [6.07, 6.45) is -0.258. The summed E-state index contributed by atoms with van der Waals surface area (Å²) >= 11 is 5.81. The Balaban J connectivity index is 2.83. The molecule has 0 radical (unpaired) electrons. The molecule has 1 aromatic carbocycles. The average molecular weight is 336 g/mol. The molecule has 1 unspecified atom stereocenters. The van der Waals surface area contributed by atoms with Crippen LogP contribution in [-0.2, 0) is 10.0 Å². The van der Waals surface area contributed by atoms with Crippen LogP contribution < -0.4 is 9.46 Å². The zero-order valence-corrected chi connectivity index (χ0v) is 14.3. The van der Waals surface area contributed by atoms with Crippen LogP contribution in [0.5, 0.6) is 5.75 Å². The zero-order valence-electron chi connectivity index (χ0n) is 12.7. The highest BCUT2D eigenvalue weighted by atomic mass is 35.5. The molecule has 0 saturated carbocycles. The highest BCUT2D eigenvalue weighted by Gasteiger charge is 2.22. The van der Waals surface area contributed by atoms with Crippen LogP contribution in [0.1, 0.15) is 27.2 Å². The number of aliphatic hydroxyl groups is 1. The van der Waals surface area contributed by atoms with E-state index in [-0.39, 0.29) is 22.6 Å². The summed E-state index contributed by atoms with van der Waals surface area (Å²) in [6, 6.07) is 4.28. The maximum atomic E-state index is 12.2. The number of halogens is 1. The van der Waals surface area contributed by atoms with Crippen LogP contribution in [0.25, 0.3) is 0 Å². The van der Waals surface area contributed by atoms with E-state index in [1.807, 2.05) is 20.8 Å². The summed E-state index contributed by atoms with van der Waals surface area (Å²) in [5.74, 6) is 0.167. The van der Waals surface area contributed by atoms with Crippen LogP contribution in [0.15, 0.2) is 23.1 Å². The molecule has 0 bridgehead atoms. The summed E-state index contributed by atoms with van der Waals surface area (Å²) < 4.78 is 31.9. The fourth-order valence-corrected chi connectivity index (χ4v) is 3.31. The van der Waals surface area contributed by atoms with Crippen molar-refractivity contribution < 1.29 is 18.3 Å². The molecule has 0 amide bonds. The topological polar surface area (TPSA) is 75.6 Å². The molecule has 0 saturated heterocycles. The van der Waals surface area contributed by atoms with Gasteiger partial charge in [0.15, 0.2) is 0 Å². The number of sulfonamides is 1. The van der Waals surface area contributed by atoms with Crippen molar-refractivity contribution in [3.8, 4) is 5.75 Å². The molecule has 7 heteroatoms. The Hall–Kier alpha value is -0.820. The van der Waals surface area contributed by atoms with Crippen molar-refractivity contribution in [1.29, 1.82) is 0 Å². The summed E-state index contributed by atoms with van der Waals surface area (Å²) in [4.78, 5) is -0.00245. The Labute approximate surface area is 131 Å². The maximum absolute atomic E-state index is 12.2. The maximum Gasteiger partial charge on any atom is 0.244 e. The second-order valence-electron chi connectivity index (χ2n) is 6.07. The highest BCUT2D eigenvalue weighted by molar-refractivity contribution is 7.89. The monoisotopic (exact) mass is 335 g/mol. The van der Waals surface area contributed by atoms with E-state index in [0.717, 1.165) is 0 Å². The lowest BCUT2D eigenvalue weighted by atomic mass is 9.89. The van der Waals surface area contributed by atoms with Crippen molar-refractivity contribution in [2.24, 2.45) is 5.41 Å². The van der Waals surface area contributed by atoms with Gasteiger partial charge in [0.25, 0.3) is 0 Å². The average Bonchev–Trinajstić information content (AvgIpc) is 2.34. The first-order chi connectivity index (χ1) is 9.55.